The van der Waals surface area contributed by atoms with E-state index in [9.17, 15) is 4.79 Å². The number of thioether (sulfide) groups is 1. The highest BCUT2D eigenvalue weighted by molar-refractivity contribution is 8.26. The van der Waals surface area contributed by atoms with Gasteiger partial charge in [-0.1, -0.05) is 42.2 Å². The van der Waals surface area contributed by atoms with Crippen LogP contribution in [0.3, 0.4) is 0 Å². The molecule has 1 aliphatic heterocycles. The van der Waals surface area contributed by atoms with Gasteiger partial charge in [0.25, 0.3) is 5.91 Å². The molecule has 0 saturated carbocycles. The van der Waals surface area contributed by atoms with Crippen LogP contribution in [0.25, 0.3) is 6.08 Å². The maximum atomic E-state index is 12.7. The summed E-state index contributed by atoms with van der Waals surface area (Å²) >= 11 is 6.75. The van der Waals surface area contributed by atoms with E-state index in [0.29, 0.717) is 15.8 Å². The summed E-state index contributed by atoms with van der Waals surface area (Å²) in [6.07, 6.45) is 5.39. The average Bonchev–Trinajstić information content (AvgIpc) is 2.92. The van der Waals surface area contributed by atoms with Crippen LogP contribution >= 0.6 is 24.0 Å². The Hall–Kier alpha value is -2.18. The van der Waals surface area contributed by atoms with Gasteiger partial charge in [0.15, 0.2) is 0 Å². The SMILES string of the molecule is CCN(CC)c1ccc(C=C2SC(=S)N(Cc3cccnc3)C2=O)cc1. The predicted molar refractivity (Wildman–Crippen MR) is 113 cm³/mol. The number of aromatic nitrogens is 1. The Morgan fingerprint density at radius 1 is 1.19 bits per heavy atom. The standard InChI is InChI=1S/C20H21N3OS2/c1-3-22(4-2)17-9-7-15(8-10-17)12-18-19(24)23(20(25)26-18)14-16-6-5-11-21-13-16/h5-13H,3-4,14H2,1-2H3. The average molecular weight is 384 g/mol. The fourth-order valence-electron chi connectivity index (χ4n) is 2.83. The number of rotatable bonds is 6. The quantitative estimate of drug-likeness (QED) is 0.548. The Labute approximate surface area is 163 Å². The highest BCUT2D eigenvalue weighted by Gasteiger charge is 2.31. The molecule has 134 valence electrons. The Morgan fingerprint density at radius 2 is 1.92 bits per heavy atom. The second-order valence-electron chi connectivity index (χ2n) is 5.89. The maximum Gasteiger partial charge on any atom is 0.266 e. The number of carbonyl (C=O) groups excluding carboxylic acids is 1. The van der Waals surface area contributed by atoms with E-state index in [-0.39, 0.29) is 5.91 Å². The summed E-state index contributed by atoms with van der Waals surface area (Å²) in [7, 11) is 0. The zero-order chi connectivity index (χ0) is 18.5. The molecule has 0 unspecified atom stereocenters. The molecule has 0 bridgehead atoms. The molecule has 1 aromatic heterocycles. The number of pyridine rings is 1. The second-order valence-corrected chi connectivity index (χ2v) is 7.57. The molecule has 3 rings (SSSR count). The molecule has 4 nitrogen and oxygen atoms in total. The Bertz CT molecular complexity index is 815. The van der Waals surface area contributed by atoms with Crippen LogP contribution in [0.15, 0.2) is 53.7 Å². The van der Waals surface area contributed by atoms with E-state index in [1.807, 2.05) is 30.3 Å². The van der Waals surface area contributed by atoms with Crippen molar-refractivity contribution >= 4 is 46.0 Å². The molecule has 1 saturated heterocycles. The summed E-state index contributed by atoms with van der Waals surface area (Å²) in [6, 6.07) is 12.1. The maximum absolute atomic E-state index is 12.7. The van der Waals surface area contributed by atoms with Crippen molar-refractivity contribution in [2.45, 2.75) is 20.4 Å². The number of amides is 1. The molecule has 1 amide bonds. The van der Waals surface area contributed by atoms with Crippen molar-refractivity contribution in [2.75, 3.05) is 18.0 Å². The van der Waals surface area contributed by atoms with Gasteiger partial charge in [-0.2, -0.15) is 0 Å². The van der Waals surface area contributed by atoms with Gasteiger partial charge in [0.1, 0.15) is 4.32 Å². The van der Waals surface area contributed by atoms with Gasteiger partial charge in [-0.05, 0) is 49.2 Å². The van der Waals surface area contributed by atoms with Crippen LogP contribution < -0.4 is 4.90 Å². The zero-order valence-corrected chi connectivity index (χ0v) is 16.5. The van der Waals surface area contributed by atoms with Gasteiger partial charge in [-0.15, -0.1) is 0 Å². The van der Waals surface area contributed by atoms with E-state index in [1.165, 1.54) is 17.4 Å². The van der Waals surface area contributed by atoms with Crippen molar-refractivity contribution in [3.8, 4) is 0 Å². The second kappa shape index (κ2) is 8.47. The fraction of sp³-hybridized carbons (Fsp3) is 0.250. The molecule has 1 aliphatic rings. The van der Waals surface area contributed by atoms with Crippen molar-refractivity contribution in [3.63, 3.8) is 0 Å². The molecule has 0 aliphatic carbocycles. The summed E-state index contributed by atoms with van der Waals surface area (Å²) in [4.78, 5) is 21.4. The third kappa shape index (κ3) is 4.14. The minimum absolute atomic E-state index is 0.0447. The van der Waals surface area contributed by atoms with Gasteiger partial charge >= 0.3 is 0 Å². The van der Waals surface area contributed by atoms with Crippen LogP contribution in [-0.4, -0.2) is 33.2 Å². The summed E-state index contributed by atoms with van der Waals surface area (Å²) in [6.45, 7) is 6.69. The monoisotopic (exact) mass is 383 g/mol. The van der Waals surface area contributed by atoms with Crippen LogP contribution in [0, 0.1) is 0 Å². The highest BCUT2D eigenvalue weighted by Crippen LogP contribution is 2.33. The number of hydrogen-bond acceptors (Lipinski definition) is 5. The molecular weight excluding hydrogens is 362 g/mol. The third-order valence-corrected chi connectivity index (χ3v) is 5.63. The van der Waals surface area contributed by atoms with Crippen molar-refractivity contribution in [3.05, 3.63) is 64.8 Å². The van der Waals surface area contributed by atoms with E-state index in [2.05, 4.69) is 35.9 Å². The first-order valence-electron chi connectivity index (χ1n) is 8.61. The zero-order valence-electron chi connectivity index (χ0n) is 14.9. The number of hydrogen-bond donors (Lipinski definition) is 0. The number of nitrogens with zero attached hydrogens (tertiary/aromatic N) is 3. The summed E-state index contributed by atoms with van der Waals surface area (Å²) < 4.78 is 0.588. The minimum Gasteiger partial charge on any atom is -0.372 e. The molecule has 0 atom stereocenters. The first-order chi connectivity index (χ1) is 12.6. The van der Waals surface area contributed by atoms with Crippen molar-refractivity contribution in [1.29, 1.82) is 0 Å². The van der Waals surface area contributed by atoms with E-state index < -0.39 is 0 Å². The van der Waals surface area contributed by atoms with Gasteiger partial charge in [0.2, 0.25) is 0 Å². The summed E-state index contributed by atoms with van der Waals surface area (Å²) in [5, 5.41) is 0. The van der Waals surface area contributed by atoms with Crippen LogP contribution in [0.4, 0.5) is 5.69 Å². The smallest absolute Gasteiger partial charge is 0.266 e. The molecule has 0 spiro atoms. The first-order valence-corrected chi connectivity index (χ1v) is 9.84. The number of benzene rings is 1. The molecule has 2 aromatic rings. The van der Waals surface area contributed by atoms with Gasteiger partial charge in [-0.3, -0.25) is 14.7 Å². The highest BCUT2D eigenvalue weighted by atomic mass is 32.2. The third-order valence-electron chi connectivity index (χ3n) is 4.26. The normalized spacial score (nSPS) is 15.8. The van der Waals surface area contributed by atoms with Crippen LogP contribution in [0.5, 0.6) is 0 Å². The van der Waals surface area contributed by atoms with Gasteiger partial charge in [-0.25, -0.2) is 0 Å². The van der Waals surface area contributed by atoms with E-state index in [4.69, 9.17) is 12.2 Å². The fourth-order valence-corrected chi connectivity index (χ4v) is 4.09. The number of anilines is 1. The molecule has 6 heteroatoms. The molecule has 0 radical (unpaired) electrons. The molecular formula is C20H21N3OS2. The lowest BCUT2D eigenvalue weighted by molar-refractivity contribution is -0.122. The molecule has 26 heavy (non-hydrogen) atoms. The number of carbonyl (C=O) groups is 1. The summed E-state index contributed by atoms with van der Waals surface area (Å²) in [5.41, 5.74) is 3.16. The van der Waals surface area contributed by atoms with E-state index in [0.717, 1.165) is 24.2 Å². The molecule has 1 aromatic carbocycles. The Morgan fingerprint density at radius 3 is 2.54 bits per heavy atom. The molecule has 2 heterocycles. The van der Waals surface area contributed by atoms with Crippen molar-refractivity contribution in [1.82, 2.24) is 9.88 Å². The lowest BCUT2D eigenvalue weighted by Crippen LogP contribution is -2.27. The van der Waals surface area contributed by atoms with Gasteiger partial charge < -0.3 is 4.90 Å². The largest absolute Gasteiger partial charge is 0.372 e. The topological polar surface area (TPSA) is 36.4 Å². The van der Waals surface area contributed by atoms with Gasteiger partial charge in [0.05, 0.1) is 11.4 Å². The van der Waals surface area contributed by atoms with E-state index >= 15 is 0 Å². The van der Waals surface area contributed by atoms with E-state index in [1.54, 1.807) is 17.3 Å². The van der Waals surface area contributed by atoms with Crippen molar-refractivity contribution < 1.29 is 4.79 Å². The van der Waals surface area contributed by atoms with Crippen LogP contribution in [-0.2, 0) is 11.3 Å². The van der Waals surface area contributed by atoms with Crippen molar-refractivity contribution in [2.24, 2.45) is 0 Å². The molecule has 1 fully saturated rings. The van der Waals surface area contributed by atoms with Crippen LogP contribution in [0.2, 0.25) is 0 Å². The summed E-state index contributed by atoms with van der Waals surface area (Å²) in [5.74, 6) is -0.0447. The predicted octanol–water partition coefficient (Wildman–Crippen LogP) is 4.33. The molecule has 0 N–H and O–H groups in total. The van der Waals surface area contributed by atoms with Gasteiger partial charge in [0, 0.05) is 31.2 Å². The van der Waals surface area contributed by atoms with Crippen LogP contribution in [0.1, 0.15) is 25.0 Å². The number of thiocarbonyl (C=S) groups is 1. The lowest BCUT2D eigenvalue weighted by Gasteiger charge is -2.20. The Kier molecular flexibility index (Phi) is 6.06. The first kappa shape index (κ1) is 18.6. The minimum atomic E-state index is -0.0447. The lowest BCUT2D eigenvalue weighted by atomic mass is 10.1. The Balaban J connectivity index is 1.75.